The lowest BCUT2D eigenvalue weighted by atomic mass is 10.1. The average molecular weight is 393 g/mol. The zero-order valence-electron chi connectivity index (χ0n) is 17.0. The summed E-state index contributed by atoms with van der Waals surface area (Å²) in [6.45, 7) is 5.58. The number of carbonyl (C=O) groups excluding carboxylic acids is 1. The number of hydrogen-bond acceptors (Lipinski definition) is 5. The van der Waals surface area contributed by atoms with Crippen molar-refractivity contribution in [3.05, 3.63) is 65.4 Å². The fourth-order valence-corrected chi connectivity index (χ4v) is 2.77. The van der Waals surface area contributed by atoms with E-state index < -0.39 is 5.97 Å². The summed E-state index contributed by atoms with van der Waals surface area (Å²) in [5, 5.41) is 0. The van der Waals surface area contributed by atoms with Gasteiger partial charge in [0.05, 0.1) is 13.2 Å². The van der Waals surface area contributed by atoms with Gasteiger partial charge in [0, 0.05) is 11.1 Å². The number of nitrogens with zero attached hydrogens (tertiary/aromatic N) is 1. The molecule has 0 bridgehead atoms. The Balaban J connectivity index is 1.74. The molecule has 5 nitrogen and oxygen atoms in total. The smallest absolute Gasteiger partial charge is 0.363 e. The number of cyclic esters (lactones) is 1. The summed E-state index contributed by atoms with van der Waals surface area (Å²) >= 11 is 0. The van der Waals surface area contributed by atoms with Crippen LogP contribution in [0.15, 0.2) is 59.2 Å². The first kappa shape index (κ1) is 20.6. The van der Waals surface area contributed by atoms with Crippen LogP contribution in [0.5, 0.6) is 11.5 Å². The number of unbranched alkanes of at least 4 members (excludes halogenated alkanes) is 2. The highest BCUT2D eigenvalue weighted by Gasteiger charge is 2.24. The van der Waals surface area contributed by atoms with Crippen molar-refractivity contribution in [3.63, 3.8) is 0 Å². The molecule has 2 aromatic rings. The summed E-state index contributed by atoms with van der Waals surface area (Å²) in [4.78, 5) is 16.7. The molecule has 152 valence electrons. The normalized spacial score (nSPS) is 14.6. The van der Waals surface area contributed by atoms with Crippen LogP contribution in [-0.4, -0.2) is 25.1 Å². The first-order valence-corrected chi connectivity index (χ1v) is 10.2. The van der Waals surface area contributed by atoms with Gasteiger partial charge in [-0.1, -0.05) is 44.9 Å². The highest BCUT2D eigenvalue weighted by Crippen LogP contribution is 2.25. The van der Waals surface area contributed by atoms with Gasteiger partial charge in [0.15, 0.2) is 5.70 Å². The summed E-state index contributed by atoms with van der Waals surface area (Å²) in [6.07, 6.45) is 5.86. The molecule has 0 spiro atoms. The summed E-state index contributed by atoms with van der Waals surface area (Å²) in [6, 6.07) is 15.0. The van der Waals surface area contributed by atoms with Crippen molar-refractivity contribution < 1.29 is 19.0 Å². The molecule has 0 saturated carbocycles. The first-order chi connectivity index (χ1) is 14.2. The first-order valence-electron chi connectivity index (χ1n) is 10.2. The zero-order valence-corrected chi connectivity index (χ0v) is 17.0. The number of hydrogen-bond donors (Lipinski definition) is 0. The number of benzene rings is 2. The van der Waals surface area contributed by atoms with Crippen molar-refractivity contribution in [2.75, 3.05) is 13.2 Å². The molecule has 29 heavy (non-hydrogen) atoms. The van der Waals surface area contributed by atoms with Gasteiger partial charge in [-0.25, -0.2) is 9.79 Å². The van der Waals surface area contributed by atoms with Crippen molar-refractivity contribution in [2.24, 2.45) is 4.99 Å². The third-order valence-electron chi connectivity index (χ3n) is 4.46. The molecule has 1 aliphatic rings. The maximum Gasteiger partial charge on any atom is 0.363 e. The third-order valence-corrected chi connectivity index (χ3v) is 4.46. The van der Waals surface area contributed by atoms with Crippen LogP contribution in [0.1, 0.15) is 50.7 Å². The van der Waals surface area contributed by atoms with Gasteiger partial charge in [-0.3, -0.25) is 0 Å². The topological polar surface area (TPSA) is 57.1 Å². The van der Waals surface area contributed by atoms with E-state index in [9.17, 15) is 4.79 Å². The molecule has 1 aliphatic heterocycles. The molecule has 0 atom stereocenters. The zero-order chi connectivity index (χ0) is 20.5. The van der Waals surface area contributed by atoms with Crippen molar-refractivity contribution in [2.45, 2.75) is 39.5 Å². The van der Waals surface area contributed by atoms with Gasteiger partial charge in [-0.05, 0) is 49.2 Å². The number of aliphatic imine (C=N–C) groups is 1. The van der Waals surface area contributed by atoms with Crippen molar-refractivity contribution in [1.29, 1.82) is 0 Å². The number of rotatable bonds is 10. The van der Waals surface area contributed by atoms with E-state index >= 15 is 0 Å². The summed E-state index contributed by atoms with van der Waals surface area (Å²) in [5.74, 6) is 1.36. The fraction of sp³-hybridized carbons (Fsp3) is 0.333. The Morgan fingerprint density at radius 2 is 1.62 bits per heavy atom. The molecule has 1 heterocycles. The van der Waals surface area contributed by atoms with Gasteiger partial charge in [0.25, 0.3) is 0 Å². The van der Waals surface area contributed by atoms with Gasteiger partial charge in [-0.15, -0.1) is 0 Å². The summed E-state index contributed by atoms with van der Waals surface area (Å²) in [5.41, 5.74) is 1.80. The number of carbonyl (C=O) groups is 1. The number of esters is 1. The molecule has 0 aromatic heterocycles. The molecule has 0 radical (unpaired) electrons. The van der Waals surface area contributed by atoms with Crippen LogP contribution in [0.25, 0.3) is 6.08 Å². The van der Waals surface area contributed by atoms with E-state index in [-0.39, 0.29) is 5.70 Å². The number of ether oxygens (including phenoxy) is 3. The van der Waals surface area contributed by atoms with E-state index in [1.807, 2.05) is 48.5 Å². The van der Waals surface area contributed by atoms with Crippen LogP contribution >= 0.6 is 0 Å². The molecule has 0 N–H and O–H groups in total. The van der Waals surface area contributed by atoms with Crippen LogP contribution in [0.3, 0.4) is 0 Å². The van der Waals surface area contributed by atoms with Crippen LogP contribution < -0.4 is 9.47 Å². The lowest BCUT2D eigenvalue weighted by molar-refractivity contribution is -0.129. The van der Waals surface area contributed by atoms with Gasteiger partial charge in [0.2, 0.25) is 5.90 Å². The van der Waals surface area contributed by atoms with Crippen LogP contribution in [0.2, 0.25) is 0 Å². The van der Waals surface area contributed by atoms with Gasteiger partial charge in [-0.2, -0.15) is 0 Å². The molecule has 5 heteroatoms. The molecular formula is C24H27NO4. The molecule has 3 rings (SSSR count). The SMILES string of the molecule is CCCCOc1ccc(C2=N/C(=C/c3ccccc3OCCCC)C(=O)O2)cc1. The second-order valence-electron chi connectivity index (χ2n) is 6.80. The second-order valence-corrected chi connectivity index (χ2v) is 6.80. The lowest BCUT2D eigenvalue weighted by Crippen LogP contribution is -2.05. The lowest BCUT2D eigenvalue weighted by Gasteiger charge is -2.08. The van der Waals surface area contributed by atoms with Crippen molar-refractivity contribution in [1.82, 2.24) is 0 Å². The minimum absolute atomic E-state index is 0.259. The monoisotopic (exact) mass is 393 g/mol. The van der Waals surface area contributed by atoms with Crippen LogP contribution in [0, 0.1) is 0 Å². The highest BCUT2D eigenvalue weighted by atomic mass is 16.6. The molecule has 0 saturated heterocycles. The molecule has 2 aromatic carbocycles. The predicted molar refractivity (Wildman–Crippen MR) is 114 cm³/mol. The Hall–Kier alpha value is -3.08. The quantitative estimate of drug-likeness (QED) is 0.309. The van der Waals surface area contributed by atoms with E-state index in [2.05, 4.69) is 18.8 Å². The molecule has 0 amide bonds. The standard InChI is InChI=1S/C24H27NO4/c1-3-5-15-27-20-13-11-18(12-14-20)23-25-21(24(26)29-23)17-19-9-7-8-10-22(19)28-16-6-4-2/h7-14,17H,3-6,15-16H2,1-2H3/b21-17+. The Morgan fingerprint density at radius 3 is 2.34 bits per heavy atom. The minimum atomic E-state index is -0.466. The van der Waals surface area contributed by atoms with Gasteiger partial charge < -0.3 is 14.2 Å². The van der Waals surface area contributed by atoms with E-state index in [1.165, 1.54) is 0 Å². The van der Waals surface area contributed by atoms with Crippen molar-refractivity contribution in [3.8, 4) is 11.5 Å². The maximum atomic E-state index is 12.3. The van der Waals surface area contributed by atoms with Crippen LogP contribution in [0.4, 0.5) is 0 Å². The molecular weight excluding hydrogens is 366 g/mol. The molecule has 0 unspecified atom stereocenters. The number of para-hydroxylation sites is 1. The summed E-state index contributed by atoms with van der Waals surface area (Å²) in [7, 11) is 0. The largest absolute Gasteiger partial charge is 0.494 e. The Kier molecular flexibility index (Phi) is 7.45. The third kappa shape index (κ3) is 5.70. The van der Waals surface area contributed by atoms with E-state index in [0.29, 0.717) is 19.1 Å². The van der Waals surface area contributed by atoms with E-state index in [1.54, 1.807) is 6.08 Å². The predicted octanol–water partition coefficient (Wildman–Crippen LogP) is 5.39. The van der Waals surface area contributed by atoms with Gasteiger partial charge in [0.1, 0.15) is 11.5 Å². The van der Waals surface area contributed by atoms with E-state index in [0.717, 1.165) is 48.3 Å². The van der Waals surface area contributed by atoms with Crippen molar-refractivity contribution >= 4 is 17.9 Å². The Morgan fingerprint density at radius 1 is 0.931 bits per heavy atom. The average Bonchev–Trinajstić information content (AvgIpc) is 3.10. The summed E-state index contributed by atoms with van der Waals surface area (Å²) < 4.78 is 16.9. The molecule has 0 aliphatic carbocycles. The molecule has 0 fully saturated rings. The second kappa shape index (κ2) is 10.5. The highest BCUT2D eigenvalue weighted by molar-refractivity contribution is 6.13. The maximum absolute atomic E-state index is 12.3. The Labute approximate surface area is 172 Å². The van der Waals surface area contributed by atoms with Gasteiger partial charge >= 0.3 is 5.97 Å². The minimum Gasteiger partial charge on any atom is -0.494 e. The van der Waals surface area contributed by atoms with Crippen LogP contribution in [-0.2, 0) is 9.53 Å². The Bertz CT molecular complexity index is 884. The van der Waals surface area contributed by atoms with E-state index in [4.69, 9.17) is 14.2 Å². The fourth-order valence-electron chi connectivity index (χ4n) is 2.77.